The maximum atomic E-state index is 11.4. The number of aromatic nitrogens is 2. The first-order valence-electron chi connectivity index (χ1n) is 9.72. The minimum Gasteiger partial charge on any atom is -0.474 e. The number of nitrogens with one attached hydrogen (secondary N) is 1. The predicted octanol–water partition coefficient (Wildman–Crippen LogP) is 1.83. The van der Waals surface area contributed by atoms with E-state index in [1.165, 1.54) is 10.4 Å². The van der Waals surface area contributed by atoms with E-state index in [-0.39, 0.29) is 12.0 Å². The fourth-order valence-electron chi connectivity index (χ4n) is 4.42. The molecule has 146 valence electrons. The van der Waals surface area contributed by atoms with Crippen LogP contribution < -0.4 is 21.5 Å². The van der Waals surface area contributed by atoms with Crippen molar-refractivity contribution in [3.05, 3.63) is 16.8 Å². The van der Waals surface area contributed by atoms with E-state index in [1.807, 2.05) is 7.05 Å². The summed E-state index contributed by atoms with van der Waals surface area (Å²) < 4.78 is 6.35. The Morgan fingerprint density at radius 3 is 2.81 bits per heavy atom. The monoisotopic (exact) mass is 389 g/mol. The molecular formula is C19H27N5O2S. The number of aryl methyl sites for hydroxylation is 1. The number of rotatable bonds is 6. The van der Waals surface area contributed by atoms with Gasteiger partial charge in [-0.15, -0.1) is 11.3 Å². The van der Waals surface area contributed by atoms with Gasteiger partial charge in [0, 0.05) is 10.9 Å². The van der Waals surface area contributed by atoms with Crippen molar-refractivity contribution in [2.45, 2.75) is 69.1 Å². The molecule has 4 rings (SSSR count). The molecule has 0 aliphatic heterocycles. The van der Waals surface area contributed by atoms with Crippen LogP contribution >= 0.6 is 11.3 Å². The molecule has 27 heavy (non-hydrogen) atoms. The van der Waals surface area contributed by atoms with Gasteiger partial charge < -0.3 is 21.5 Å². The lowest BCUT2D eigenvalue weighted by Gasteiger charge is -2.28. The molecule has 0 saturated heterocycles. The normalized spacial score (nSPS) is 26.1. The summed E-state index contributed by atoms with van der Waals surface area (Å²) in [4.78, 5) is 22.6. The van der Waals surface area contributed by atoms with Gasteiger partial charge in [-0.25, -0.2) is 9.97 Å². The van der Waals surface area contributed by atoms with E-state index in [2.05, 4.69) is 15.3 Å². The maximum absolute atomic E-state index is 11.4. The molecule has 0 unspecified atom stereocenters. The molecule has 1 saturated carbocycles. The van der Waals surface area contributed by atoms with Crippen molar-refractivity contribution in [3.63, 3.8) is 0 Å². The van der Waals surface area contributed by atoms with Crippen LogP contribution in [0.25, 0.3) is 10.2 Å². The topological polar surface area (TPSA) is 116 Å². The van der Waals surface area contributed by atoms with Crippen LogP contribution in [0.15, 0.2) is 6.33 Å². The fraction of sp³-hybridized carbons (Fsp3) is 0.632. The molecule has 0 spiro atoms. The smallest absolute Gasteiger partial charge is 0.234 e. The maximum Gasteiger partial charge on any atom is 0.234 e. The number of amides is 1. The summed E-state index contributed by atoms with van der Waals surface area (Å²) >= 11 is 1.71. The van der Waals surface area contributed by atoms with Crippen molar-refractivity contribution < 1.29 is 9.53 Å². The zero-order valence-corrected chi connectivity index (χ0v) is 16.4. The van der Waals surface area contributed by atoms with Crippen LogP contribution in [0.3, 0.4) is 0 Å². The third-order valence-corrected chi connectivity index (χ3v) is 7.13. The highest BCUT2D eigenvalue weighted by Crippen LogP contribution is 2.47. The van der Waals surface area contributed by atoms with Crippen LogP contribution in [0, 0.1) is 0 Å². The van der Waals surface area contributed by atoms with Gasteiger partial charge in [-0.05, 0) is 63.5 Å². The van der Waals surface area contributed by atoms with Gasteiger partial charge in [0.05, 0.1) is 11.4 Å². The Morgan fingerprint density at radius 1 is 1.33 bits per heavy atom. The Labute approximate surface area is 162 Å². The molecule has 2 aromatic rings. The molecule has 5 N–H and O–H groups in total. The number of nitrogens with two attached hydrogens (primary N) is 2. The quantitative estimate of drug-likeness (QED) is 0.694. The summed E-state index contributed by atoms with van der Waals surface area (Å²) in [6.45, 7) is 0. The Morgan fingerprint density at radius 2 is 2.11 bits per heavy atom. The van der Waals surface area contributed by atoms with Gasteiger partial charge in [0.25, 0.3) is 0 Å². The predicted molar refractivity (Wildman–Crippen MR) is 106 cm³/mol. The number of hydrogen-bond acceptors (Lipinski definition) is 7. The highest BCUT2D eigenvalue weighted by Gasteiger charge is 2.32. The average Bonchev–Trinajstić information content (AvgIpc) is 3.22. The van der Waals surface area contributed by atoms with Gasteiger partial charge in [-0.3, -0.25) is 4.79 Å². The van der Waals surface area contributed by atoms with Gasteiger partial charge in [0.1, 0.15) is 17.3 Å². The zero-order chi connectivity index (χ0) is 19.0. The second kappa shape index (κ2) is 7.69. The summed E-state index contributed by atoms with van der Waals surface area (Å²) in [7, 11) is 2.02. The molecule has 1 fully saturated rings. The van der Waals surface area contributed by atoms with Gasteiger partial charge in [-0.2, -0.15) is 0 Å². The Hall–Kier alpha value is -1.77. The van der Waals surface area contributed by atoms with E-state index in [4.69, 9.17) is 16.2 Å². The molecule has 0 radical (unpaired) electrons. The summed E-state index contributed by atoms with van der Waals surface area (Å²) in [5, 5.41) is 4.37. The second-order valence-corrected chi connectivity index (χ2v) is 8.74. The first-order chi connectivity index (χ1) is 13.1. The van der Waals surface area contributed by atoms with E-state index < -0.39 is 11.9 Å². The van der Waals surface area contributed by atoms with E-state index in [9.17, 15) is 4.79 Å². The lowest BCUT2D eigenvalue weighted by atomic mass is 9.92. The molecule has 8 heteroatoms. The molecular weight excluding hydrogens is 362 g/mol. The van der Waals surface area contributed by atoms with Crippen LogP contribution in [0.1, 0.15) is 54.9 Å². The SMILES string of the molecule is CN[C@H]1CC[C@H](Oc2ncnc3sc4c(c23)[C@@H](C[C@H](N)C(N)=O)CC4)CC1. The minimum absolute atomic E-state index is 0.191. The van der Waals surface area contributed by atoms with Crippen LogP contribution in [-0.4, -0.2) is 41.1 Å². The average molecular weight is 390 g/mol. The summed E-state index contributed by atoms with van der Waals surface area (Å²) in [6.07, 6.45) is 8.61. The van der Waals surface area contributed by atoms with Crippen molar-refractivity contribution in [3.8, 4) is 5.88 Å². The van der Waals surface area contributed by atoms with Gasteiger partial charge in [-0.1, -0.05) is 0 Å². The number of thiophene rings is 1. The van der Waals surface area contributed by atoms with Crippen LogP contribution in [0.2, 0.25) is 0 Å². The van der Waals surface area contributed by atoms with E-state index in [1.54, 1.807) is 17.7 Å². The summed E-state index contributed by atoms with van der Waals surface area (Å²) in [6, 6.07) is -0.0398. The minimum atomic E-state index is -0.623. The molecule has 2 atom stereocenters. The standard InChI is InChI=1S/C19H27N5O2S/c1-22-11-3-5-12(6-4-11)26-18-16-15-10(8-13(20)17(21)25)2-7-14(15)27-19(16)24-9-23-18/h9-13,22H,2-8,20H2,1H3,(H2,21,25)/t10-,11-,12-,13+/m1/s1. The Balaban J connectivity index is 1.60. The van der Waals surface area contributed by atoms with Gasteiger partial charge in [0.15, 0.2) is 0 Å². The number of fused-ring (bicyclic) bond motifs is 3. The lowest BCUT2D eigenvalue weighted by molar-refractivity contribution is -0.119. The molecule has 2 aliphatic carbocycles. The molecule has 2 heterocycles. The van der Waals surface area contributed by atoms with Crippen LogP contribution in [-0.2, 0) is 11.2 Å². The van der Waals surface area contributed by atoms with Crippen LogP contribution in [0.4, 0.5) is 0 Å². The van der Waals surface area contributed by atoms with Crippen molar-refractivity contribution in [1.29, 1.82) is 0 Å². The van der Waals surface area contributed by atoms with Crippen molar-refractivity contribution in [2.24, 2.45) is 11.5 Å². The molecule has 0 aromatic carbocycles. The highest BCUT2D eigenvalue weighted by atomic mass is 32.1. The van der Waals surface area contributed by atoms with E-state index >= 15 is 0 Å². The number of hydrogen-bond donors (Lipinski definition) is 3. The summed E-state index contributed by atoms with van der Waals surface area (Å²) in [5.74, 6) is 0.451. The number of nitrogens with zero attached hydrogens (tertiary/aromatic N) is 2. The lowest BCUT2D eigenvalue weighted by Crippen LogP contribution is -2.37. The molecule has 2 aliphatic rings. The van der Waals surface area contributed by atoms with E-state index in [0.717, 1.165) is 48.7 Å². The van der Waals surface area contributed by atoms with Crippen molar-refractivity contribution >= 4 is 27.5 Å². The third kappa shape index (κ3) is 3.66. The second-order valence-electron chi connectivity index (χ2n) is 7.66. The first-order valence-corrected chi connectivity index (χ1v) is 10.5. The number of primary amides is 1. The number of carbonyl (C=O) groups excluding carboxylic acids is 1. The zero-order valence-electron chi connectivity index (χ0n) is 15.6. The fourth-order valence-corrected chi connectivity index (χ4v) is 5.65. The summed E-state index contributed by atoms with van der Waals surface area (Å²) in [5.41, 5.74) is 12.6. The van der Waals surface area contributed by atoms with E-state index in [0.29, 0.717) is 18.3 Å². The highest BCUT2D eigenvalue weighted by molar-refractivity contribution is 7.19. The van der Waals surface area contributed by atoms with Gasteiger partial charge >= 0.3 is 0 Å². The molecule has 1 amide bonds. The number of ether oxygens (including phenoxy) is 1. The van der Waals surface area contributed by atoms with Crippen molar-refractivity contribution in [1.82, 2.24) is 15.3 Å². The third-order valence-electron chi connectivity index (χ3n) is 5.96. The molecule has 0 bridgehead atoms. The van der Waals surface area contributed by atoms with Crippen molar-refractivity contribution in [2.75, 3.05) is 7.05 Å². The first kappa shape index (κ1) is 18.6. The molecule has 7 nitrogen and oxygen atoms in total. The Bertz CT molecular complexity index is 831. The molecule has 2 aromatic heterocycles. The largest absolute Gasteiger partial charge is 0.474 e. The number of carbonyl (C=O) groups is 1. The van der Waals surface area contributed by atoms with Crippen LogP contribution in [0.5, 0.6) is 5.88 Å². The van der Waals surface area contributed by atoms with Gasteiger partial charge in [0.2, 0.25) is 11.8 Å². The Kier molecular flexibility index (Phi) is 5.29.